The van der Waals surface area contributed by atoms with Crippen LogP contribution in [0.1, 0.15) is 30.4 Å². The van der Waals surface area contributed by atoms with Crippen LogP contribution in [0.5, 0.6) is 0 Å². The second kappa shape index (κ2) is 3.35. The van der Waals surface area contributed by atoms with Crippen molar-refractivity contribution >= 4 is 0 Å². The predicted octanol–water partition coefficient (Wildman–Crippen LogP) is 2.51. The highest BCUT2D eigenvalue weighted by molar-refractivity contribution is 5.35. The minimum absolute atomic E-state index is 0.0680. The van der Waals surface area contributed by atoms with Gasteiger partial charge < -0.3 is 5.73 Å². The molecular weight excluding hydrogens is 177 g/mol. The number of halogens is 1. The van der Waals surface area contributed by atoms with Gasteiger partial charge in [-0.1, -0.05) is 17.7 Å². The summed E-state index contributed by atoms with van der Waals surface area (Å²) in [6, 6.07) is 5.36. The summed E-state index contributed by atoms with van der Waals surface area (Å²) >= 11 is 0. The van der Waals surface area contributed by atoms with E-state index in [0.29, 0.717) is 6.54 Å². The van der Waals surface area contributed by atoms with Crippen molar-refractivity contribution in [2.24, 2.45) is 5.73 Å². The van der Waals surface area contributed by atoms with Gasteiger partial charge in [0.05, 0.1) is 0 Å². The van der Waals surface area contributed by atoms with Crippen LogP contribution in [0.4, 0.5) is 4.39 Å². The molecular formula is C12H16FN. The Bertz CT molecular complexity index is 342. The predicted molar refractivity (Wildman–Crippen MR) is 55.7 cm³/mol. The molecule has 0 saturated heterocycles. The number of rotatable bonds is 3. The molecule has 14 heavy (non-hydrogen) atoms. The molecule has 1 aromatic carbocycles. The van der Waals surface area contributed by atoms with Crippen molar-refractivity contribution in [3.05, 3.63) is 35.1 Å². The Morgan fingerprint density at radius 2 is 2.14 bits per heavy atom. The summed E-state index contributed by atoms with van der Waals surface area (Å²) in [5.41, 5.74) is 7.64. The SMILES string of the molecule is Cc1ccc(F)c(C2(CCN)CC2)c1. The lowest BCUT2D eigenvalue weighted by Gasteiger charge is -2.15. The number of benzene rings is 1. The summed E-state index contributed by atoms with van der Waals surface area (Å²) in [5, 5.41) is 0. The van der Waals surface area contributed by atoms with Gasteiger partial charge >= 0.3 is 0 Å². The molecule has 1 nitrogen and oxygen atoms in total. The third-order valence-electron chi connectivity index (χ3n) is 3.17. The number of hydrogen-bond acceptors (Lipinski definition) is 1. The molecule has 2 N–H and O–H groups in total. The standard InChI is InChI=1S/C12H16FN/c1-9-2-3-11(13)10(8-9)12(4-5-12)6-7-14/h2-3,8H,4-7,14H2,1H3. The van der Waals surface area contributed by atoms with Crippen LogP contribution in [-0.2, 0) is 5.41 Å². The second-order valence-corrected chi connectivity index (χ2v) is 4.30. The summed E-state index contributed by atoms with van der Waals surface area (Å²) in [7, 11) is 0. The molecule has 1 aliphatic rings. The lowest BCUT2D eigenvalue weighted by Crippen LogP contribution is -2.15. The molecule has 0 bridgehead atoms. The molecule has 1 fully saturated rings. The van der Waals surface area contributed by atoms with E-state index in [2.05, 4.69) is 0 Å². The maximum atomic E-state index is 13.6. The topological polar surface area (TPSA) is 26.0 Å². The van der Waals surface area contributed by atoms with Crippen LogP contribution in [0.2, 0.25) is 0 Å². The molecule has 1 aromatic rings. The molecule has 76 valence electrons. The van der Waals surface area contributed by atoms with Crippen molar-refractivity contribution in [2.75, 3.05) is 6.54 Å². The van der Waals surface area contributed by atoms with E-state index in [1.807, 2.05) is 19.1 Å². The second-order valence-electron chi connectivity index (χ2n) is 4.30. The van der Waals surface area contributed by atoms with Crippen molar-refractivity contribution in [2.45, 2.75) is 31.6 Å². The molecule has 0 aliphatic heterocycles. The molecule has 0 heterocycles. The maximum Gasteiger partial charge on any atom is 0.126 e. The maximum absolute atomic E-state index is 13.6. The van der Waals surface area contributed by atoms with Crippen LogP contribution in [0.15, 0.2) is 18.2 Å². The quantitative estimate of drug-likeness (QED) is 0.784. The van der Waals surface area contributed by atoms with E-state index < -0.39 is 0 Å². The first-order chi connectivity index (χ1) is 6.68. The molecule has 1 saturated carbocycles. The summed E-state index contributed by atoms with van der Waals surface area (Å²) in [6.07, 6.45) is 3.09. The first kappa shape index (κ1) is 9.66. The Hall–Kier alpha value is -0.890. The molecule has 0 unspecified atom stereocenters. The Kier molecular flexibility index (Phi) is 2.31. The minimum Gasteiger partial charge on any atom is -0.330 e. The molecule has 0 atom stereocenters. The van der Waals surface area contributed by atoms with Crippen molar-refractivity contribution < 1.29 is 4.39 Å². The van der Waals surface area contributed by atoms with E-state index >= 15 is 0 Å². The normalized spacial score (nSPS) is 18.2. The van der Waals surface area contributed by atoms with Gasteiger partial charge in [0.1, 0.15) is 5.82 Å². The van der Waals surface area contributed by atoms with E-state index in [4.69, 9.17) is 5.73 Å². The molecule has 0 amide bonds. The molecule has 0 radical (unpaired) electrons. The van der Waals surface area contributed by atoms with E-state index in [1.165, 1.54) is 0 Å². The molecule has 1 aliphatic carbocycles. The largest absolute Gasteiger partial charge is 0.330 e. The van der Waals surface area contributed by atoms with E-state index in [1.54, 1.807) is 6.07 Å². The zero-order valence-electron chi connectivity index (χ0n) is 8.52. The molecule has 2 heteroatoms. The highest BCUT2D eigenvalue weighted by atomic mass is 19.1. The van der Waals surface area contributed by atoms with Crippen molar-refractivity contribution in [1.82, 2.24) is 0 Å². The Labute approximate surface area is 84.1 Å². The summed E-state index contributed by atoms with van der Waals surface area (Å²) in [4.78, 5) is 0. The first-order valence-corrected chi connectivity index (χ1v) is 5.15. The molecule has 2 rings (SSSR count). The van der Waals surface area contributed by atoms with Gasteiger partial charge in [0.15, 0.2) is 0 Å². The smallest absolute Gasteiger partial charge is 0.126 e. The molecule has 0 aromatic heterocycles. The Morgan fingerprint density at radius 1 is 1.43 bits per heavy atom. The van der Waals surface area contributed by atoms with Crippen molar-refractivity contribution in [1.29, 1.82) is 0 Å². The van der Waals surface area contributed by atoms with Crippen molar-refractivity contribution in [3.8, 4) is 0 Å². The minimum atomic E-state index is -0.0680. The lowest BCUT2D eigenvalue weighted by molar-refractivity contribution is 0.550. The third-order valence-corrected chi connectivity index (χ3v) is 3.17. The van der Waals surface area contributed by atoms with Crippen LogP contribution in [-0.4, -0.2) is 6.54 Å². The van der Waals surface area contributed by atoms with Crippen LogP contribution in [0.3, 0.4) is 0 Å². The fourth-order valence-electron chi connectivity index (χ4n) is 2.13. The summed E-state index contributed by atoms with van der Waals surface area (Å²) in [6.45, 7) is 2.65. The lowest BCUT2D eigenvalue weighted by atomic mass is 9.91. The third kappa shape index (κ3) is 1.55. The van der Waals surface area contributed by atoms with E-state index in [9.17, 15) is 4.39 Å². The number of hydrogen-bond donors (Lipinski definition) is 1. The van der Waals surface area contributed by atoms with E-state index in [0.717, 1.165) is 30.4 Å². The van der Waals surface area contributed by atoms with Gasteiger partial charge in [-0.15, -0.1) is 0 Å². The average molecular weight is 193 g/mol. The van der Waals surface area contributed by atoms with Gasteiger partial charge in [0.2, 0.25) is 0 Å². The average Bonchev–Trinajstić information content (AvgIpc) is 2.91. The van der Waals surface area contributed by atoms with Crippen LogP contribution < -0.4 is 5.73 Å². The van der Waals surface area contributed by atoms with Gasteiger partial charge in [-0.05, 0) is 49.8 Å². The van der Waals surface area contributed by atoms with Gasteiger partial charge in [0.25, 0.3) is 0 Å². The van der Waals surface area contributed by atoms with Crippen LogP contribution >= 0.6 is 0 Å². The highest BCUT2D eigenvalue weighted by Gasteiger charge is 2.44. The van der Waals surface area contributed by atoms with Gasteiger partial charge in [-0.3, -0.25) is 0 Å². The van der Waals surface area contributed by atoms with Gasteiger partial charge in [0, 0.05) is 0 Å². The van der Waals surface area contributed by atoms with Gasteiger partial charge in [-0.2, -0.15) is 0 Å². The van der Waals surface area contributed by atoms with Crippen molar-refractivity contribution in [3.63, 3.8) is 0 Å². The number of aryl methyl sites for hydroxylation is 1. The monoisotopic (exact) mass is 193 g/mol. The number of nitrogens with two attached hydrogens (primary N) is 1. The van der Waals surface area contributed by atoms with Crippen LogP contribution in [0.25, 0.3) is 0 Å². The highest BCUT2D eigenvalue weighted by Crippen LogP contribution is 2.51. The van der Waals surface area contributed by atoms with Gasteiger partial charge in [-0.25, -0.2) is 4.39 Å². The first-order valence-electron chi connectivity index (χ1n) is 5.15. The van der Waals surface area contributed by atoms with E-state index in [-0.39, 0.29) is 11.2 Å². The Morgan fingerprint density at radius 3 is 2.71 bits per heavy atom. The Balaban J connectivity index is 2.35. The summed E-state index contributed by atoms with van der Waals surface area (Å²) in [5.74, 6) is -0.0680. The fourth-order valence-corrected chi connectivity index (χ4v) is 2.13. The van der Waals surface area contributed by atoms with Crippen LogP contribution in [0, 0.1) is 12.7 Å². The summed E-state index contributed by atoms with van der Waals surface area (Å²) < 4.78 is 13.6. The zero-order chi connectivity index (χ0) is 10.2. The zero-order valence-corrected chi connectivity index (χ0v) is 8.52. The fraction of sp³-hybridized carbons (Fsp3) is 0.500. The molecule has 0 spiro atoms.